The second-order valence-corrected chi connectivity index (χ2v) is 5.04. The molecule has 1 heterocycles. The number of rotatable bonds is 2. The Kier molecular flexibility index (Phi) is 3.20. The number of hydrogen-bond acceptors (Lipinski definition) is 3. The minimum Gasteiger partial charge on any atom is -0.320 e. The van der Waals surface area contributed by atoms with Crippen LogP contribution in [0.25, 0.3) is 11.0 Å². The zero-order valence-corrected chi connectivity index (χ0v) is 11.7. The van der Waals surface area contributed by atoms with E-state index in [0.717, 1.165) is 22.2 Å². The molecule has 0 fully saturated rings. The van der Waals surface area contributed by atoms with Crippen LogP contribution in [0.15, 0.2) is 48.8 Å². The summed E-state index contributed by atoms with van der Waals surface area (Å²) in [4.78, 5) is 8.78. The molecule has 2 N–H and O–H groups in total. The van der Waals surface area contributed by atoms with Gasteiger partial charge in [-0.2, -0.15) is 0 Å². The Balaban J connectivity index is 2.18. The van der Waals surface area contributed by atoms with Crippen LogP contribution in [0, 0.1) is 13.8 Å². The van der Waals surface area contributed by atoms with E-state index in [9.17, 15) is 0 Å². The molecule has 2 aromatic carbocycles. The van der Waals surface area contributed by atoms with E-state index >= 15 is 0 Å². The van der Waals surface area contributed by atoms with Crippen LogP contribution in [0.2, 0.25) is 0 Å². The lowest BCUT2D eigenvalue weighted by atomic mass is 9.92. The Morgan fingerprint density at radius 1 is 0.900 bits per heavy atom. The maximum atomic E-state index is 6.48. The van der Waals surface area contributed by atoms with Gasteiger partial charge in [-0.1, -0.05) is 30.3 Å². The van der Waals surface area contributed by atoms with Crippen LogP contribution >= 0.6 is 0 Å². The summed E-state index contributed by atoms with van der Waals surface area (Å²) in [6, 6.07) is 12.0. The van der Waals surface area contributed by atoms with Crippen molar-refractivity contribution >= 4 is 11.0 Å². The van der Waals surface area contributed by atoms with Crippen LogP contribution in [-0.2, 0) is 0 Å². The van der Waals surface area contributed by atoms with E-state index in [2.05, 4.69) is 35.9 Å². The highest BCUT2D eigenvalue weighted by atomic mass is 14.8. The quantitative estimate of drug-likeness (QED) is 0.771. The average Bonchev–Trinajstić information content (AvgIpc) is 2.49. The van der Waals surface area contributed by atoms with E-state index in [-0.39, 0.29) is 6.04 Å². The molecule has 3 nitrogen and oxygen atoms in total. The number of fused-ring (bicyclic) bond motifs is 1. The third kappa shape index (κ3) is 2.06. The van der Waals surface area contributed by atoms with E-state index in [1.165, 1.54) is 11.1 Å². The van der Waals surface area contributed by atoms with E-state index in [4.69, 9.17) is 5.73 Å². The standard InChI is InChI=1S/C17H17N3/c1-11-5-3-6-13(12(11)2)16(18)14-7-4-8-15-17(14)20-10-9-19-15/h3-10,16H,18H2,1-2H3. The number of hydrogen-bond donors (Lipinski definition) is 1. The normalized spacial score (nSPS) is 12.6. The van der Waals surface area contributed by atoms with Crippen molar-refractivity contribution in [3.05, 3.63) is 71.0 Å². The van der Waals surface area contributed by atoms with Gasteiger partial charge in [-0.15, -0.1) is 0 Å². The molecule has 3 heteroatoms. The number of nitrogens with two attached hydrogens (primary N) is 1. The Hall–Kier alpha value is -2.26. The number of benzene rings is 2. The molecule has 0 spiro atoms. The summed E-state index contributed by atoms with van der Waals surface area (Å²) in [6.07, 6.45) is 3.41. The van der Waals surface area contributed by atoms with Crippen molar-refractivity contribution in [2.75, 3.05) is 0 Å². The monoisotopic (exact) mass is 263 g/mol. The van der Waals surface area contributed by atoms with Crippen molar-refractivity contribution in [3.8, 4) is 0 Å². The molecule has 1 unspecified atom stereocenters. The van der Waals surface area contributed by atoms with Gasteiger partial charge in [0.05, 0.1) is 17.1 Å². The minimum atomic E-state index is -0.185. The van der Waals surface area contributed by atoms with Crippen LogP contribution in [0.1, 0.15) is 28.3 Å². The van der Waals surface area contributed by atoms with Crippen molar-refractivity contribution in [2.45, 2.75) is 19.9 Å². The molecule has 20 heavy (non-hydrogen) atoms. The number of para-hydroxylation sites is 1. The molecular formula is C17H17N3. The molecular weight excluding hydrogens is 246 g/mol. The van der Waals surface area contributed by atoms with Gasteiger partial charge in [0.15, 0.2) is 0 Å². The van der Waals surface area contributed by atoms with Gasteiger partial charge in [0, 0.05) is 18.0 Å². The third-order valence-electron chi connectivity index (χ3n) is 3.85. The second kappa shape index (κ2) is 5.02. The number of aromatic nitrogens is 2. The molecule has 100 valence electrons. The van der Waals surface area contributed by atoms with E-state index < -0.39 is 0 Å². The van der Waals surface area contributed by atoms with Gasteiger partial charge in [-0.25, -0.2) is 0 Å². The minimum absolute atomic E-state index is 0.185. The molecule has 3 aromatic rings. The fourth-order valence-corrected chi connectivity index (χ4v) is 2.54. The summed E-state index contributed by atoms with van der Waals surface area (Å²) in [5.41, 5.74) is 12.9. The summed E-state index contributed by atoms with van der Waals surface area (Å²) in [6.45, 7) is 4.22. The Labute approximate surface area is 118 Å². The largest absolute Gasteiger partial charge is 0.320 e. The number of nitrogens with zero attached hydrogens (tertiary/aromatic N) is 2. The predicted octanol–water partition coefficient (Wildman–Crippen LogP) is 3.29. The summed E-state index contributed by atoms with van der Waals surface area (Å²) in [5, 5.41) is 0. The molecule has 0 aliphatic rings. The summed E-state index contributed by atoms with van der Waals surface area (Å²) in [7, 11) is 0. The Bertz CT molecular complexity index is 760. The van der Waals surface area contributed by atoms with E-state index in [1.54, 1.807) is 12.4 Å². The highest BCUT2D eigenvalue weighted by Gasteiger charge is 2.15. The molecule has 1 aromatic heterocycles. The zero-order chi connectivity index (χ0) is 14.1. The van der Waals surface area contributed by atoms with Crippen molar-refractivity contribution in [1.82, 2.24) is 9.97 Å². The van der Waals surface area contributed by atoms with Gasteiger partial charge in [0.1, 0.15) is 0 Å². The lowest BCUT2D eigenvalue weighted by Crippen LogP contribution is -2.14. The van der Waals surface area contributed by atoms with Crippen molar-refractivity contribution in [3.63, 3.8) is 0 Å². The van der Waals surface area contributed by atoms with Gasteiger partial charge >= 0.3 is 0 Å². The Morgan fingerprint density at radius 3 is 2.45 bits per heavy atom. The maximum Gasteiger partial charge on any atom is 0.0937 e. The number of aryl methyl sites for hydroxylation is 1. The first-order valence-corrected chi connectivity index (χ1v) is 6.70. The first-order chi connectivity index (χ1) is 9.68. The summed E-state index contributed by atoms with van der Waals surface area (Å²) < 4.78 is 0. The van der Waals surface area contributed by atoms with Crippen molar-refractivity contribution < 1.29 is 0 Å². The topological polar surface area (TPSA) is 51.8 Å². The molecule has 0 bridgehead atoms. The fraction of sp³-hybridized carbons (Fsp3) is 0.176. The van der Waals surface area contributed by atoms with Crippen molar-refractivity contribution in [2.24, 2.45) is 5.73 Å². The van der Waals surface area contributed by atoms with Gasteiger partial charge in [-0.3, -0.25) is 9.97 Å². The van der Waals surface area contributed by atoms with Crippen LogP contribution in [0.4, 0.5) is 0 Å². The van der Waals surface area contributed by atoms with Crippen LogP contribution in [0.3, 0.4) is 0 Å². The third-order valence-corrected chi connectivity index (χ3v) is 3.85. The highest BCUT2D eigenvalue weighted by Crippen LogP contribution is 2.28. The van der Waals surface area contributed by atoms with Gasteiger partial charge in [0.25, 0.3) is 0 Å². The van der Waals surface area contributed by atoms with Gasteiger partial charge < -0.3 is 5.73 Å². The SMILES string of the molecule is Cc1cccc(C(N)c2cccc3nccnc23)c1C. The smallest absolute Gasteiger partial charge is 0.0937 e. The summed E-state index contributed by atoms with van der Waals surface area (Å²) >= 11 is 0. The van der Waals surface area contributed by atoms with Crippen LogP contribution in [0.5, 0.6) is 0 Å². The molecule has 0 amide bonds. The first kappa shape index (κ1) is 12.8. The van der Waals surface area contributed by atoms with E-state index in [1.807, 2.05) is 24.3 Å². The van der Waals surface area contributed by atoms with E-state index in [0.29, 0.717) is 0 Å². The predicted molar refractivity (Wildman–Crippen MR) is 81.5 cm³/mol. The lowest BCUT2D eigenvalue weighted by molar-refractivity contribution is 0.863. The Morgan fingerprint density at radius 2 is 1.60 bits per heavy atom. The zero-order valence-electron chi connectivity index (χ0n) is 11.7. The molecule has 0 saturated carbocycles. The van der Waals surface area contributed by atoms with Crippen LogP contribution < -0.4 is 5.73 Å². The van der Waals surface area contributed by atoms with Gasteiger partial charge in [0.2, 0.25) is 0 Å². The van der Waals surface area contributed by atoms with Gasteiger partial charge in [-0.05, 0) is 36.6 Å². The molecule has 0 aliphatic heterocycles. The molecule has 0 aliphatic carbocycles. The lowest BCUT2D eigenvalue weighted by Gasteiger charge is -2.17. The highest BCUT2D eigenvalue weighted by molar-refractivity contribution is 5.78. The summed E-state index contributed by atoms with van der Waals surface area (Å²) in [5.74, 6) is 0. The molecule has 0 radical (unpaired) electrons. The maximum absolute atomic E-state index is 6.48. The van der Waals surface area contributed by atoms with Crippen molar-refractivity contribution in [1.29, 1.82) is 0 Å². The average molecular weight is 263 g/mol. The second-order valence-electron chi connectivity index (χ2n) is 5.04. The molecule has 3 rings (SSSR count). The molecule has 1 atom stereocenters. The first-order valence-electron chi connectivity index (χ1n) is 6.70. The fourth-order valence-electron chi connectivity index (χ4n) is 2.54. The van der Waals surface area contributed by atoms with Crippen LogP contribution in [-0.4, -0.2) is 9.97 Å². The molecule has 0 saturated heterocycles.